The number of rotatable bonds is 6. The molecule has 2 aromatic carbocycles. The van der Waals surface area contributed by atoms with Gasteiger partial charge in [0.25, 0.3) is 0 Å². The number of imidazole rings is 1. The first-order chi connectivity index (χ1) is 16.0. The maximum Gasteiger partial charge on any atom is 0.321 e. The zero-order chi connectivity index (χ0) is 23.2. The number of amides is 3. The molecule has 0 spiro atoms. The van der Waals surface area contributed by atoms with Gasteiger partial charge in [-0.15, -0.1) is 0 Å². The Morgan fingerprint density at radius 2 is 1.64 bits per heavy atom. The second kappa shape index (κ2) is 10.6. The van der Waals surface area contributed by atoms with E-state index in [0.29, 0.717) is 37.8 Å². The highest BCUT2D eigenvalue weighted by Crippen LogP contribution is 2.27. The third-order valence-corrected chi connectivity index (χ3v) is 6.65. The Morgan fingerprint density at radius 3 is 2.36 bits per heavy atom. The highest BCUT2D eigenvalue weighted by molar-refractivity contribution is 7.99. The first-order valence-electron chi connectivity index (χ1n) is 11.2. The molecule has 4 rings (SSSR count). The van der Waals surface area contributed by atoms with E-state index < -0.39 is 0 Å². The van der Waals surface area contributed by atoms with Gasteiger partial charge in [-0.3, -0.25) is 9.36 Å². The van der Waals surface area contributed by atoms with Crippen LogP contribution >= 0.6 is 11.8 Å². The monoisotopic (exact) mass is 463 g/mol. The van der Waals surface area contributed by atoms with E-state index in [1.165, 1.54) is 17.3 Å². The number of anilines is 1. The second-order valence-corrected chi connectivity index (χ2v) is 9.19. The first-order valence-corrected chi connectivity index (χ1v) is 12.2. The Bertz CT molecular complexity index is 1090. The van der Waals surface area contributed by atoms with E-state index in [4.69, 9.17) is 0 Å². The lowest BCUT2D eigenvalue weighted by Crippen LogP contribution is -2.52. The molecule has 172 valence electrons. The number of piperazine rings is 1. The number of urea groups is 1. The highest BCUT2D eigenvalue weighted by atomic mass is 32.2. The average molecular weight is 464 g/mol. The van der Waals surface area contributed by atoms with Crippen LogP contribution in [0, 0.1) is 0 Å². The van der Waals surface area contributed by atoms with E-state index >= 15 is 0 Å². The third-order valence-electron chi connectivity index (χ3n) is 5.69. The molecule has 1 saturated heterocycles. The molecular weight excluding hydrogens is 434 g/mol. The van der Waals surface area contributed by atoms with Gasteiger partial charge in [-0.1, -0.05) is 62.0 Å². The summed E-state index contributed by atoms with van der Waals surface area (Å²) in [5, 5.41) is 3.71. The number of para-hydroxylation sites is 2. The molecule has 1 fully saturated rings. The predicted octanol–water partition coefficient (Wildman–Crippen LogP) is 4.46. The number of benzene rings is 2. The van der Waals surface area contributed by atoms with Gasteiger partial charge < -0.3 is 15.1 Å². The Kier molecular flexibility index (Phi) is 7.34. The molecule has 7 nitrogen and oxygen atoms in total. The lowest BCUT2D eigenvalue weighted by molar-refractivity contribution is -0.129. The molecule has 1 aromatic heterocycles. The van der Waals surface area contributed by atoms with Crippen LogP contribution in [-0.2, 0) is 4.79 Å². The minimum absolute atomic E-state index is 0.0646. The average Bonchev–Trinajstić information content (AvgIpc) is 3.31. The van der Waals surface area contributed by atoms with Gasteiger partial charge in [-0.05, 0) is 29.7 Å². The molecule has 0 unspecified atom stereocenters. The minimum atomic E-state index is -0.131. The van der Waals surface area contributed by atoms with Crippen LogP contribution in [0.5, 0.6) is 0 Å². The summed E-state index contributed by atoms with van der Waals surface area (Å²) < 4.78 is 2.05. The molecule has 0 radical (unpaired) electrons. The predicted molar refractivity (Wildman–Crippen MR) is 132 cm³/mol. The van der Waals surface area contributed by atoms with Crippen LogP contribution in [0.1, 0.15) is 25.3 Å². The summed E-state index contributed by atoms with van der Waals surface area (Å²) >= 11 is 1.45. The van der Waals surface area contributed by atoms with Crippen LogP contribution in [0.4, 0.5) is 10.5 Å². The lowest BCUT2D eigenvalue weighted by atomic mass is 10.0. The summed E-state index contributed by atoms with van der Waals surface area (Å²) in [5.74, 6) is 0.769. The normalized spacial score (nSPS) is 13.9. The van der Waals surface area contributed by atoms with Crippen molar-refractivity contribution < 1.29 is 9.59 Å². The van der Waals surface area contributed by atoms with Crippen LogP contribution < -0.4 is 5.32 Å². The number of aromatic nitrogens is 2. The number of thioether (sulfide) groups is 1. The van der Waals surface area contributed by atoms with Crippen LogP contribution in [0.3, 0.4) is 0 Å². The minimum Gasteiger partial charge on any atom is -0.338 e. The number of hydrogen-bond donors (Lipinski definition) is 1. The molecule has 0 bridgehead atoms. The number of nitrogens with zero attached hydrogens (tertiary/aromatic N) is 4. The van der Waals surface area contributed by atoms with Crippen LogP contribution in [0.15, 0.2) is 72.1 Å². The summed E-state index contributed by atoms with van der Waals surface area (Å²) in [6.07, 6.45) is 3.71. The zero-order valence-corrected chi connectivity index (χ0v) is 19.8. The van der Waals surface area contributed by atoms with Gasteiger partial charge in [0.2, 0.25) is 5.91 Å². The Hall–Kier alpha value is -3.26. The van der Waals surface area contributed by atoms with E-state index in [0.717, 1.165) is 16.5 Å². The van der Waals surface area contributed by atoms with E-state index in [1.54, 1.807) is 11.1 Å². The van der Waals surface area contributed by atoms with Gasteiger partial charge in [-0.2, -0.15) is 0 Å². The maximum atomic E-state index is 12.8. The van der Waals surface area contributed by atoms with Gasteiger partial charge >= 0.3 is 6.03 Å². The van der Waals surface area contributed by atoms with Crippen molar-refractivity contribution in [3.05, 3.63) is 72.6 Å². The number of carbonyl (C=O) groups excluding carboxylic acids is 2. The quantitative estimate of drug-likeness (QED) is 0.548. The van der Waals surface area contributed by atoms with Gasteiger partial charge in [-0.25, -0.2) is 9.78 Å². The molecule has 1 N–H and O–H groups in total. The first kappa shape index (κ1) is 22.9. The van der Waals surface area contributed by atoms with Gasteiger partial charge in [0.15, 0.2) is 5.16 Å². The summed E-state index contributed by atoms with van der Waals surface area (Å²) in [4.78, 5) is 33.4. The molecule has 1 aliphatic heterocycles. The summed E-state index contributed by atoms with van der Waals surface area (Å²) in [6.45, 7) is 6.45. The van der Waals surface area contributed by atoms with Crippen LogP contribution in [-0.4, -0.2) is 63.2 Å². The Balaban J connectivity index is 1.31. The van der Waals surface area contributed by atoms with Crippen molar-refractivity contribution in [2.75, 3.05) is 37.2 Å². The summed E-state index contributed by atoms with van der Waals surface area (Å²) in [5.41, 5.74) is 3.11. The second-order valence-electron chi connectivity index (χ2n) is 8.25. The standard InChI is InChI=1S/C25H29N5O2S/c1-19(2)21-10-6-7-11-22(21)30-13-12-26-25(30)33-18-23(31)28-14-16-29(17-15-28)24(32)27-20-8-4-3-5-9-20/h3-13,19H,14-18H2,1-2H3,(H,27,32). The molecule has 0 aliphatic carbocycles. The van der Waals surface area contributed by atoms with E-state index in [-0.39, 0.29) is 11.9 Å². The van der Waals surface area contributed by atoms with Crippen molar-refractivity contribution in [1.82, 2.24) is 19.4 Å². The third kappa shape index (κ3) is 5.57. The van der Waals surface area contributed by atoms with Gasteiger partial charge in [0, 0.05) is 44.3 Å². The molecule has 1 aliphatic rings. The van der Waals surface area contributed by atoms with Crippen molar-refractivity contribution in [3.8, 4) is 5.69 Å². The fourth-order valence-corrected chi connectivity index (χ4v) is 4.74. The number of nitrogens with one attached hydrogen (secondary N) is 1. The Labute approximate surface area is 198 Å². The summed E-state index contributed by atoms with van der Waals surface area (Å²) in [7, 11) is 0. The summed E-state index contributed by atoms with van der Waals surface area (Å²) in [6, 6.07) is 17.6. The molecule has 8 heteroatoms. The molecule has 0 saturated carbocycles. The van der Waals surface area contributed by atoms with Crippen molar-refractivity contribution >= 4 is 29.4 Å². The molecular formula is C25H29N5O2S. The van der Waals surface area contributed by atoms with E-state index in [9.17, 15) is 9.59 Å². The number of carbonyl (C=O) groups is 2. The lowest BCUT2D eigenvalue weighted by Gasteiger charge is -2.34. The van der Waals surface area contributed by atoms with Gasteiger partial charge in [0.1, 0.15) is 0 Å². The molecule has 0 atom stereocenters. The molecule has 33 heavy (non-hydrogen) atoms. The van der Waals surface area contributed by atoms with Crippen LogP contribution in [0.25, 0.3) is 5.69 Å². The zero-order valence-electron chi connectivity index (χ0n) is 19.0. The van der Waals surface area contributed by atoms with Crippen molar-refractivity contribution in [3.63, 3.8) is 0 Å². The van der Waals surface area contributed by atoms with Gasteiger partial charge in [0.05, 0.1) is 11.4 Å². The fraction of sp³-hybridized carbons (Fsp3) is 0.320. The van der Waals surface area contributed by atoms with E-state index in [1.807, 2.05) is 53.6 Å². The molecule has 3 aromatic rings. The topological polar surface area (TPSA) is 70.5 Å². The van der Waals surface area contributed by atoms with Crippen molar-refractivity contribution in [1.29, 1.82) is 0 Å². The Morgan fingerprint density at radius 1 is 0.970 bits per heavy atom. The van der Waals surface area contributed by atoms with E-state index in [2.05, 4.69) is 40.8 Å². The highest BCUT2D eigenvalue weighted by Gasteiger charge is 2.24. The largest absolute Gasteiger partial charge is 0.338 e. The van der Waals surface area contributed by atoms with Crippen LogP contribution in [0.2, 0.25) is 0 Å². The molecule has 2 heterocycles. The van der Waals surface area contributed by atoms with Crippen molar-refractivity contribution in [2.24, 2.45) is 0 Å². The maximum absolute atomic E-state index is 12.8. The number of hydrogen-bond acceptors (Lipinski definition) is 4. The SMILES string of the molecule is CC(C)c1ccccc1-n1ccnc1SCC(=O)N1CCN(C(=O)Nc2ccccc2)CC1. The molecule has 3 amide bonds. The van der Waals surface area contributed by atoms with Crippen molar-refractivity contribution in [2.45, 2.75) is 24.9 Å². The smallest absolute Gasteiger partial charge is 0.321 e. The fourth-order valence-electron chi connectivity index (χ4n) is 3.88.